The third-order valence-corrected chi connectivity index (χ3v) is 10.7. The lowest BCUT2D eigenvalue weighted by Gasteiger charge is -2.26. The predicted octanol–water partition coefficient (Wildman–Crippen LogP) is 14.2. The van der Waals surface area contributed by atoms with Gasteiger partial charge in [0.05, 0.1) is 0 Å². The maximum absolute atomic E-state index is 2.33. The molecule has 0 fully saturated rings. The lowest BCUT2D eigenvalue weighted by molar-refractivity contribution is 1.28. The first-order valence-corrected chi connectivity index (χ1v) is 17.8. The van der Waals surface area contributed by atoms with Crippen molar-refractivity contribution in [3.05, 3.63) is 200 Å². The summed E-state index contributed by atoms with van der Waals surface area (Å²) in [4.78, 5) is 2.33. The van der Waals surface area contributed by atoms with Gasteiger partial charge in [-0.25, -0.2) is 0 Å². The van der Waals surface area contributed by atoms with Crippen LogP contribution in [0.5, 0.6) is 0 Å². The lowest BCUT2D eigenvalue weighted by Crippen LogP contribution is -2.09. The van der Waals surface area contributed by atoms with Gasteiger partial charge in [0, 0.05) is 42.8 Å². The van der Waals surface area contributed by atoms with Crippen LogP contribution in [0.2, 0.25) is 0 Å². The third kappa shape index (κ3) is 5.56. The summed E-state index contributed by atoms with van der Waals surface area (Å²) < 4.78 is 2.65. The van der Waals surface area contributed by atoms with Crippen molar-refractivity contribution in [2.75, 3.05) is 4.90 Å². The third-order valence-electron chi connectivity index (χ3n) is 9.51. The molecule has 50 heavy (non-hydrogen) atoms. The molecule has 0 unspecified atom stereocenters. The summed E-state index contributed by atoms with van der Waals surface area (Å²) >= 11 is 1.89. The van der Waals surface area contributed by atoms with Crippen molar-refractivity contribution in [2.24, 2.45) is 0 Å². The van der Waals surface area contributed by atoms with E-state index in [1.165, 1.54) is 64.7 Å². The van der Waals surface area contributed by atoms with E-state index in [0.29, 0.717) is 0 Å². The van der Waals surface area contributed by atoms with E-state index >= 15 is 0 Å². The van der Waals surface area contributed by atoms with E-state index in [4.69, 9.17) is 0 Å². The fourth-order valence-corrected chi connectivity index (χ4v) is 8.30. The van der Waals surface area contributed by atoms with Crippen LogP contribution in [0, 0.1) is 0 Å². The predicted molar refractivity (Wildman–Crippen MR) is 216 cm³/mol. The summed E-state index contributed by atoms with van der Waals surface area (Å²) in [5.74, 6) is 0. The van der Waals surface area contributed by atoms with Gasteiger partial charge in [0.1, 0.15) is 0 Å². The smallest absolute Gasteiger partial charge is 0.0462 e. The number of anilines is 3. The van der Waals surface area contributed by atoms with Crippen LogP contribution in [0.4, 0.5) is 17.1 Å². The quantitative estimate of drug-likeness (QED) is 0.165. The molecule has 0 radical (unpaired) electrons. The Hall–Kier alpha value is -6.22. The highest BCUT2D eigenvalue weighted by atomic mass is 32.1. The molecule has 0 spiro atoms. The molecular weight excluding hydrogens is 623 g/mol. The molecular formula is C48H33NS. The van der Waals surface area contributed by atoms with Gasteiger partial charge < -0.3 is 4.90 Å². The van der Waals surface area contributed by atoms with Gasteiger partial charge in [-0.15, -0.1) is 11.3 Å². The van der Waals surface area contributed by atoms with Crippen molar-refractivity contribution in [3.8, 4) is 44.5 Å². The van der Waals surface area contributed by atoms with Crippen LogP contribution >= 0.6 is 11.3 Å². The molecule has 0 amide bonds. The molecule has 1 nitrogen and oxygen atoms in total. The first-order chi connectivity index (χ1) is 24.8. The topological polar surface area (TPSA) is 3.24 Å². The molecule has 0 aliphatic rings. The molecule has 0 bridgehead atoms. The Morgan fingerprint density at radius 2 is 0.740 bits per heavy atom. The van der Waals surface area contributed by atoms with Gasteiger partial charge in [-0.3, -0.25) is 0 Å². The minimum Gasteiger partial charge on any atom is -0.311 e. The largest absolute Gasteiger partial charge is 0.311 e. The van der Waals surface area contributed by atoms with E-state index in [1.54, 1.807) is 0 Å². The molecule has 8 aromatic carbocycles. The number of hydrogen-bond donors (Lipinski definition) is 0. The molecule has 0 atom stereocenters. The Morgan fingerprint density at radius 1 is 0.300 bits per heavy atom. The number of rotatable bonds is 7. The van der Waals surface area contributed by atoms with Crippen molar-refractivity contribution < 1.29 is 0 Å². The Labute approximate surface area is 297 Å². The first kappa shape index (κ1) is 29.9. The molecule has 0 N–H and O–H groups in total. The normalized spacial score (nSPS) is 11.2. The second-order valence-electron chi connectivity index (χ2n) is 12.5. The van der Waals surface area contributed by atoms with Gasteiger partial charge in [0.25, 0.3) is 0 Å². The molecule has 0 saturated carbocycles. The summed E-state index contributed by atoms with van der Waals surface area (Å²) in [5.41, 5.74) is 13.2. The van der Waals surface area contributed by atoms with E-state index in [-0.39, 0.29) is 0 Å². The van der Waals surface area contributed by atoms with Crippen LogP contribution in [0.15, 0.2) is 200 Å². The molecule has 236 valence electrons. The number of fused-ring (bicyclic) bond motifs is 3. The maximum Gasteiger partial charge on any atom is 0.0462 e. The number of benzene rings is 8. The fraction of sp³-hybridized carbons (Fsp3) is 0. The maximum atomic E-state index is 2.33. The zero-order chi connectivity index (χ0) is 33.3. The summed E-state index contributed by atoms with van der Waals surface area (Å²) in [6, 6.07) is 72.1. The summed E-state index contributed by atoms with van der Waals surface area (Å²) in [6.45, 7) is 0. The van der Waals surface area contributed by atoms with Crippen molar-refractivity contribution in [1.82, 2.24) is 0 Å². The van der Waals surface area contributed by atoms with Crippen molar-refractivity contribution in [2.45, 2.75) is 0 Å². The zero-order valence-electron chi connectivity index (χ0n) is 27.4. The van der Waals surface area contributed by atoms with Crippen molar-refractivity contribution in [1.29, 1.82) is 0 Å². The SMILES string of the molecule is c1ccc(-c2ccc(-c3ccc(N(c4ccccc4)c4ccc(-c5ccc6c(sc7ccccc76)c5-c5ccccc5)cc4)cc3)cc2)cc1. The minimum absolute atomic E-state index is 1.11. The standard InChI is InChI=1S/C48H33NS/c1-4-12-34(13-5-1)35-20-22-36(23-21-35)37-24-28-41(29-25-37)49(40-16-8-3-9-17-40)42-30-26-38(27-31-42)43-32-33-45-44-18-10-11-19-46(44)50-48(45)47(43)39-14-6-2-7-15-39/h1-33H. The average molecular weight is 656 g/mol. The van der Waals surface area contributed by atoms with Crippen LogP contribution in [0.25, 0.3) is 64.7 Å². The molecule has 1 heterocycles. The monoisotopic (exact) mass is 655 g/mol. The van der Waals surface area contributed by atoms with Gasteiger partial charge in [0.15, 0.2) is 0 Å². The Kier molecular flexibility index (Phi) is 7.77. The molecule has 2 heteroatoms. The highest BCUT2D eigenvalue weighted by Crippen LogP contribution is 2.45. The van der Waals surface area contributed by atoms with Gasteiger partial charge in [-0.1, -0.05) is 158 Å². The van der Waals surface area contributed by atoms with E-state index < -0.39 is 0 Å². The van der Waals surface area contributed by atoms with Gasteiger partial charge in [0.2, 0.25) is 0 Å². The zero-order valence-corrected chi connectivity index (χ0v) is 28.2. The summed E-state index contributed by atoms with van der Waals surface area (Å²) in [5, 5.41) is 2.64. The van der Waals surface area contributed by atoms with Crippen molar-refractivity contribution >= 4 is 48.6 Å². The van der Waals surface area contributed by atoms with E-state index in [1.807, 2.05) is 11.3 Å². The van der Waals surface area contributed by atoms with E-state index in [9.17, 15) is 0 Å². The molecule has 0 saturated heterocycles. The van der Waals surface area contributed by atoms with E-state index in [2.05, 4.69) is 205 Å². The number of nitrogens with zero attached hydrogens (tertiary/aromatic N) is 1. The van der Waals surface area contributed by atoms with Crippen molar-refractivity contribution in [3.63, 3.8) is 0 Å². The van der Waals surface area contributed by atoms with Crippen LogP contribution in [-0.2, 0) is 0 Å². The molecule has 0 aliphatic heterocycles. The highest BCUT2D eigenvalue weighted by Gasteiger charge is 2.17. The summed E-state index contributed by atoms with van der Waals surface area (Å²) in [6.07, 6.45) is 0. The lowest BCUT2D eigenvalue weighted by atomic mass is 9.92. The number of hydrogen-bond acceptors (Lipinski definition) is 2. The Morgan fingerprint density at radius 3 is 1.34 bits per heavy atom. The van der Waals surface area contributed by atoms with Gasteiger partial charge in [-0.05, 0) is 81.4 Å². The number of para-hydroxylation sites is 1. The van der Waals surface area contributed by atoms with Gasteiger partial charge >= 0.3 is 0 Å². The molecule has 9 aromatic rings. The average Bonchev–Trinajstić information content (AvgIpc) is 3.58. The summed E-state index contributed by atoms with van der Waals surface area (Å²) in [7, 11) is 0. The second-order valence-corrected chi connectivity index (χ2v) is 13.6. The minimum atomic E-state index is 1.11. The van der Waals surface area contributed by atoms with Crippen LogP contribution in [-0.4, -0.2) is 0 Å². The second kappa shape index (κ2) is 13.0. The molecule has 1 aromatic heterocycles. The van der Waals surface area contributed by atoms with E-state index in [0.717, 1.165) is 17.1 Å². The highest BCUT2D eigenvalue weighted by molar-refractivity contribution is 7.26. The fourth-order valence-electron chi connectivity index (χ4n) is 7.02. The number of thiophene rings is 1. The Balaban J connectivity index is 1.08. The van der Waals surface area contributed by atoms with Crippen LogP contribution in [0.1, 0.15) is 0 Å². The van der Waals surface area contributed by atoms with Crippen LogP contribution < -0.4 is 4.90 Å². The first-order valence-electron chi connectivity index (χ1n) is 17.0. The van der Waals surface area contributed by atoms with Gasteiger partial charge in [-0.2, -0.15) is 0 Å². The van der Waals surface area contributed by atoms with Crippen LogP contribution in [0.3, 0.4) is 0 Å². The molecule has 9 rings (SSSR count). The molecule has 0 aliphatic carbocycles. The Bertz CT molecular complexity index is 2530.